The van der Waals surface area contributed by atoms with Gasteiger partial charge in [0.05, 0.1) is 96.5 Å². The van der Waals surface area contributed by atoms with Crippen molar-refractivity contribution in [1.29, 1.82) is 0 Å². The standard InChI is InChI=1S/C82H145N3O30P/c1-57-73(98)76(101)67(50-86)113-79(57)109-41-23-20-31-61(89)27-15-12-17-29-63(91)36-44-106-54-82(48-65(93)33-14-10-8-6-7-9-11-19-35-72(97)85-49-66(94)47-60(85)53-112-116(5,104)105-4,55-107-45-37-64(92)30-18-13-16-28-62(90)32-21-24-42-110-80-58(2)74(99)77(102)68(51-87)114-80)56-108-46-38-71(96)84-40-26-39-83-70(95)34-22-25-43-111-81-59(3)75(100)78(103)69(52-88)115-81/h57-60,66-69,73-81,86-88,94,98-103H,5-56H2,1-4H3,(H,83,95)(H,84,96)/q-1/t57?,58?,59?,60-,66?,67?,68?,69?,73?,74?,75?,76?,77?,78?,79?,80?,81?,82?,116?/m0/s1. The number of amides is 3. The fourth-order valence-corrected chi connectivity index (χ4v) is 15.0. The number of likely N-dealkylation sites (tertiary alicyclic amines) is 1. The smallest absolute Gasteiger partial charge is 0.222 e. The second-order valence-corrected chi connectivity index (χ2v) is 34.0. The van der Waals surface area contributed by atoms with E-state index in [1.807, 2.05) is 0 Å². The van der Waals surface area contributed by atoms with Crippen LogP contribution in [0.3, 0.4) is 0 Å². The number of carbonyl (C=O) groups is 8. The molecule has 18 atom stereocenters. The third kappa shape index (κ3) is 41.8. The molecular formula is C82H145N3O30P-. The van der Waals surface area contributed by atoms with Crippen LogP contribution in [0, 0.1) is 29.8 Å². The molecule has 4 rings (SSSR count). The normalized spacial score (nSPS) is 26.6. The minimum Gasteiger partial charge on any atom is -0.394 e. The number of nitrogens with zero attached hydrogens (tertiary/aromatic N) is 1. The lowest BCUT2D eigenvalue weighted by Gasteiger charge is -2.40. The molecule has 4 fully saturated rings. The van der Waals surface area contributed by atoms with E-state index in [4.69, 9.17) is 51.7 Å². The van der Waals surface area contributed by atoms with Gasteiger partial charge in [0, 0.05) is 153 Å². The number of rotatable bonds is 69. The van der Waals surface area contributed by atoms with E-state index < -0.39 is 137 Å². The zero-order valence-electron chi connectivity index (χ0n) is 69.6. The molecule has 4 saturated heterocycles. The van der Waals surface area contributed by atoms with E-state index in [0.717, 1.165) is 38.5 Å². The molecule has 674 valence electrons. The molecule has 0 saturated carbocycles. The highest BCUT2D eigenvalue weighted by Crippen LogP contribution is 2.46. The molecule has 17 unspecified atom stereocenters. The van der Waals surface area contributed by atoms with Crippen molar-refractivity contribution >= 4 is 54.2 Å². The summed E-state index contributed by atoms with van der Waals surface area (Å²) in [5.74, 6) is -2.12. The summed E-state index contributed by atoms with van der Waals surface area (Å²) in [5.41, 5.74) is -1.10. The second kappa shape index (κ2) is 59.8. The predicted molar refractivity (Wildman–Crippen MR) is 424 cm³/mol. The Kier molecular flexibility index (Phi) is 53.9. The number of unbranched alkanes of at least 4 members (excludes halogenated alkanes) is 14. The van der Waals surface area contributed by atoms with E-state index in [1.165, 1.54) is 7.11 Å². The first-order valence-corrected chi connectivity index (χ1v) is 44.5. The van der Waals surface area contributed by atoms with Gasteiger partial charge < -0.3 is 118 Å². The molecule has 33 nitrogen and oxygen atoms in total. The number of aliphatic hydroxyl groups excluding tert-OH is 10. The van der Waals surface area contributed by atoms with Gasteiger partial charge in [-0.05, 0) is 89.9 Å². The average molecular weight is 1680 g/mol. The molecule has 0 radical (unpaired) electrons. The minimum absolute atomic E-state index is 0.0284. The minimum atomic E-state index is -3.50. The third-order valence-corrected chi connectivity index (χ3v) is 23.2. The van der Waals surface area contributed by atoms with Crippen molar-refractivity contribution in [2.75, 3.05) is 113 Å². The molecular weight excluding hydrogens is 1540 g/mol. The Morgan fingerprint density at radius 3 is 1.14 bits per heavy atom. The number of carbonyl (C=O) groups excluding carboxylic acids is 8. The van der Waals surface area contributed by atoms with Gasteiger partial charge in [-0.3, -0.25) is 42.9 Å². The molecule has 0 aromatic heterocycles. The zero-order valence-corrected chi connectivity index (χ0v) is 70.5. The lowest BCUT2D eigenvalue weighted by Crippen LogP contribution is -2.55. The van der Waals surface area contributed by atoms with Gasteiger partial charge in [-0.1, -0.05) is 72.1 Å². The highest BCUT2D eigenvalue weighted by Gasteiger charge is 2.45. The molecule has 0 spiro atoms. The van der Waals surface area contributed by atoms with Crippen LogP contribution >= 0.6 is 7.60 Å². The zero-order chi connectivity index (χ0) is 85.3. The Morgan fingerprint density at radius 1 is 0.422 bits per heavy atom. The van der Waals surface area contributed by atoms with Crippen molar-refractivity contribution in [2.45, 2.75) is 331 Å². The van der Waals surface area contributed by atoms with Crippen molar-refractivity contribution < 1.29 is 146 Å². The fraction of sp³-hybridized carbons (Fsp3) is 0.890. The van der Waals surface area contributed by atoms with Gasteiger partial charge in [0.15, 0.2) is 26.5 Å². The van der Waals surface area contributed by atoms with Crippen LogP contribution in [-0.2, 0) is 94.6 Å². The number of aliphatic hydroxyl groups is 10. The molecule has 3 amide bonds. The number of hydrogen-bond acceptors (Lipinski definition) is 30. The SMILES string of the molecule is [CH2-]P(=O)(OC)OC[C@@H]1CC(O)CN1C(=O)CCCCCCCCCCC(=O)CC(COCCC(=O)CCCCCC(=O)CCCCOC1OC(CO)C(O)C(O)C1C)(COCCC(=O)CCCCCC(=O)CCCCOC1OC(CO)C(O)C(O)C1C)COCCC(=O)NCCCNC(=O)CCCCOC1OC(CO)C(O)C(O)C1C. The first-order chi connectivity index (χ1) is 55.6. The van der Waals surface area contributed by atoms with Crippen molar-refractivity contribution in [3.63, 3.8) is 0 Å². The van der Waals surface area contributed by atoms with Crippen molar-refractivity contribution in [3.8, 4) is 0 Å². The number of ether oxygens (including phenoxy) is 9. The summed E-state index contributed by atoms with van der Waals surface area (Å²) in [6.07, 6.45) is 4.10. The molecule has 4 aliphatic heterocycles. The van der Waals surface area contributed by atoms with Gasteiger partial charge in [-0.25, -0.2) is 6.66 Å². The molecule has 4 heterocycles. The van der Waals surface area contributed by atoms with Gasteiger partial charge in [0.1, 0.15) is 65.5 Å². The van der Waals surface area contributed by atoms with Crippen LogP contribution in [0.25, 0.3) is 0 Å². The summed E-state index contributed by atoms with van der Waals surface area (Å²) >= 11 is 0. The molecule has 12 N–H and O–H groups in total. The maximum absolute atomic E-state index is 14.2. The average Bonchev–Trinajstić information content (AvgIpc) is 0.970. The van der Waals surface area contributed by atoms with Crippen LogP contribution < -0.4 is 10.6 Å². The lowest BCUT2D eigenvalue weighted by molar-refractivity contribution is -0.282. The fourth-order valence-electron chi connectivity index (χ4n) is 14.5. The number of nitrogens with one attached hydrogen (secondary N) is 2. The predicted octanol–water partition coefficient (Wildman–Crippen LogP) is 5.25. The Morgan fingerprint density at radius 2 is 0.750 bits per heavy atom. The molecule has 116 heavy (non-hydrogen) atoms. The second-order valence-electron chi connectivity index (χ2n) is 32.1. The lowest BCUT2D eigenvalue weighted by atomic mass is 9.83. The summed E-state index contributed by atoms with van der Waals surface area (Å²) in [6.45, 7) is 8.38. The first-order valence-electron chi connectivity index (χ1n) is 42.8. The van der Waals surface area contributed by atoms with Crippen LogP contribution in [0.15, 0.2) is 0 Å². The molecule has 0 aliphatic carbocycles. The summed E-state index contributed by atoms with van der Waals surface area (Å²) in [6, 6.07) is -0.427. The number of ketones is 5. The van der Waals surface area contributed by atoms with Crippen LogP contribution in [0.2, 0.25) is 0 Å². The summed E-state index contributed by atoms with van der Waals surface area (Å²) in [4.78, 5) is 107. The molecule has 0 aromatic carbocycles. The van der Waals surface area contributed by atoms with E-state index in [9.17, 15) is 94.0 Å². The number of Topliss-reactive ketones (excluding diaryl/α,β-unsaturated/α-hetero) is 5. The van der Waals surface area contributed by atoms with Gasteiger partial charge in [-0.15, -0.1) is 0 Å². The van der Waals surface area contributed by atoms with Crippen molar-refractivity contribution in [3.05, 3.63) is 6.66 Å². The van der Waals surface area contributed by atoms with Gasteiger partial charge >= 0.3 is 0 Å². The van der Waals surface area contributed by atoms with Crippen LogP contribution in [0.5, 0.6) is 0 Å². The summed E-state index contributed by atoms with van der Waals surface area (Å²) < 4.78 is 75.1. The highest BCUT2D eigenvalue weighted by molar-refractivity contribution is 7.55. The largest absolute Gasteiger partial charge is 0.394 e. The quantitative estimate of drug-likeness (QED) is 0.0210. The molecule has 0 bridgehead atoms. The van der Waals surface area contributed by atoms with E-state index in [2.05, 4.69) is 17.3 Å². The van der Waals surface area contributed by atoms with Gasteiger partial charge in [0.25, 0.3) is 0 Å². The Labute approximate surface area is 686 Å². The van der Waals surface area contributed by atoms with E-state index in [1.54, 1.807) is 25.7 Å². The maximum atomic E-state index is 14.2. The van der Waals surface area contributed by atoms with Crippen LogP contribution in [0.4, 0.5) is 0 Å². The monoisotopic (exact) mass is 1680 g/mol. The Balaban J connectivity index is 1.28. The van der Waals surface area contributed by atoms with Gasteiger partial charge in [0.2, 0.25) is 17.7 Å². The van der Waals surface area contributed by atoms with E-state index >= 15 is 0 Å². The maximum Gasteiger partial charge on any atom is 0.222 e. The van der Waals surface area contributed by atoms with Gasteiger partial charge in [-0.2, -0.15) is 0 Å². The Hall–Kier alpha value is -3.85. The topological polar surface area (TPSA) is 485 Å². The molecule has 0 aromatic rings. The highest BCUT2D eigenvalue weighted by atomic mass is 31.2. The molecule has 34 heteroatoms. The Bertz CT molecular complexity index is 2600. The van der Waals surface area contributed by atoms with Crippen molar-refractivity contribution in [1.82, 2.24) is 15.5 Å². The first kappa shape index (κ1) is 104. The van der Waals surface area contributed by atoms with Crippen LogP contribution in [-0.4, -0.2) is 301 Å². The third-order valence-electron chi connectivity index (χ3n) is 22.1. The van der Waals surface area contributed by atoms with Crippen molar-refractivity contribution in [2.24, 2.45) is 23.2 Å². The number of β-amino-alcohol motifs (C(OH)–C–C–N with tert-alkyl or cyclic N) is 1. The van der Waals surface area contributed by atoms with Crippen LogP contribution in [0.1, 0.15) is 245 Å². The summed E-state index contributed by atoms with van der Waals surface area (Å²) in [5, 5.41) is 106. The number of hydrogen-bond donors (Lipinski definition) is 12. The van der Waals surface area contributed by atoms with E-state index in [0.29, 0.717) is 141 Å². The molecule has 4 aliphatic rings. The summed E-state index contributed by atoms with van der Waals surface area (Å²) in [7, 11) is -2.27. The van der Waals surface area contributed by atoms with E-state index in [-0.39, 0.29) is 177 Å².